The second kappa shape index (κ2) is 6.64. The predicted molar refractivity (Wildman–Crippen MR) is 84.1 cm³/mol. The minimum Gasteiger partial charge on any atom is -0.465 e. The highest BCUT2D eigenvalue weighted by Gasteiger charge is 2.18. The largest absolute Gasteiger partial charge is 0.465 e. The summed E-state index contributed by atoms with van der Waals surface area (Å²) in [4.78, 5) is 11.7. The van der Waals surface area contributed by atoms with E-state index < -0.39 is 11.8 Å². The number of carbonyl (C=O) groups excluding carboxylic acids is 1. The molecule has 1 aromatic heterocycles. The first kappa shape index (κ1) is 16.1. The topological polar surface area (TPSA) is 38.3 Å². The maximum absolute atomic E-state index is 13.3. The maximum Gasteiger partial charge on any atom is 0.340 e. The molecule has 112 valence electrons. The molecule has 21 heavy (non-hydrogen) atoms. The van der Waals surface area contributed by atoms with Crippen molar-refractivity contribution in [2.45, 2.75) is 13.0 Å². The van der Waals surface area contributed by atoms with Crippen molar-refractivity contribution < 1.29 is 13.9 Å². The Morgan fingerprint density at radius 3 is 2.67 bits per heavy atom. The average molecular weight is 348 g/mol. The SMILES string of the molecule is COC(=O)c1cc(F)ccc1NC(C)c1cc(Cl)sc1Cl. The van der Waals surface area contributed by atoms with Gasteiger partial charge in [0.1, 0.15) is 5.82 Å². The van der Waals surface area contributed by atoms with E-state index in [-0.39, 0.29) is 11.6 Å². The van der Waals surface area contributed by atoms with Gasteiger partial charge in [0.2, 0.25) is 0 Å². The molecule has 1 atom stereocenters. The third-order valence-corrected chi connectivity index (χ3v) is 4.43. The van der Waals surface area contributed by atoms with Crippen LogP contribution in [0.5, 0.6) is 0 Å². The molecule has 0 saturated heterocycles. The molecule has 0 aliphatic carbocycles. The zero-order valence-corrected chi connectivity index (χ0v) is 13.6. The third-order valence-electron chi connectivity index (χ3n) is 2.91. The van der Waals surface area contributed by atoms with E-state index in [0.29, 0.717) is 14.4 Å². The quantitative estimate of drug-likeness (QED) is 0.776. The van der Waals surface area contributed by atoms with Crippen LogP contribution in [0, 0.1) is 5.82 Å². The van der Waals surface area contributed by atoms with Crippen LogP contribution in [-0.2, 0) is 4.74 Å². The van der Waals surface area contributed by atoms with Gasteiger partial charge >= 0.3 is 5.97 Å². The van der Waals surface area contributed by atoms with E-state index >= 15 is 0 Å². The number of ether oxygens (including phenoxy) is 1. The summed E-state index contributed by atoms with van der Waals surface area (Å²) in [7, 11) is 1.25. The molecule has 1 unspecified atom stereocenters. The molecule has 0 saturated carbocycles. The summed E-state index contributed by atoms with van der Waals surface area (Å²) in [5.41, 5.74) is 1.41. The van der Waals surface area contributed by atoms with Crippen LogP contribution < -0.4 is 5.32 Å². The van der Waals surface area contributed by atoms with Crippen LogP contribution in [0.15, 0.2) is 24.3 Å². The fourth-order valence-electron chi connectivity index (χ4n) is 1.88. The van der Waals surface area contributed by atoms with Crippen molar-refractivity contribution >= 4 is 46.2 Å². The molecular formula is C14H12Cl2FNO2S. The Hall–Kier alpha value is -1.30. The average Bonchev–Trinajstić information content (AvgIpc) is 2.78. The summed E-state index contributed by atoms with van der Waals surface area (Å²) in [5, 5.41) is 3.12. The number of rotatable bonds is 4. The molecule has 0 radical (unpaired) electrons. The zero-order chi connectivity index (χ0) is 15.6. The zero-order valence-electron chi connectivity index (χ0n) is 11.2. The van der Waals surface area contributed by atoms with Crippen LogP contribution in [0.1, 0.15) is 28.9 Å². The molecule has 0 aliphatic rings. The highest BCUT2D eigenvalue weighted by Crippen LogP contribution is 2.36. The lowest BCUT2D eigenvalue weighted by molar-refractivity contribution is 0.0601. The first-order valence-corrected chi connectivity index (χ1v) is 7.58. The van der Waals surface area contributed by atoms with Crippen LogP contribution in [-0.4, -0.2) is 13.1 Å². The lowest BCUT2D eigenvalue weighted by atomic mass is 10.1. The van der Waals surface area contributed by atoms with Crippen molar-refractivity contribution in [1.82, 2.24) is 0 Å². The van der Waals surface area contributed by atoms with Gasteiger partial charge in [-0.15, -0.1) is 11.3 Å². The van der Waals surface area contributed by atoms with E-state index in [1.54, 1.807) is 6.07 Å². The van der Waals surface area contributed by atoms with Gasteiger partial charge in [-0.3, -0.25) is 0 Å². The number of nitrogens with one attached hydrogen (secondary N) is 1. The molecule has 0 amide bonds. The molecule has 7 heteroatoms. The van der Waals surface area contributed by atoms with Crippen molar-refractivity contribution in [2.75, 3.05) is 12.4 Å². The molecule has 0 aliphatic heterocycles. The Kier molecular flexibility index (Phi) is 5.08. The number of thiophene rings is 1. The van der Waals surface area contributed by atoms with Gasteiger partial charge in [0, 0.05) is 11.3 Å². The molecular weight excluding hydrogens is 336 g/mol. The molecule has 0 fully saturated rings. The van der Waals surface area contributed by atoms with Crippen LogP contribution in [0.3, 0.4) is 0 Å². The fourth-order valence-corrected chi connectivity index (χ4v) is 3.53. The fraction of sp³-hybridized carbons (Fsp3) is 0.214. The third kappa shape index (κ3) is 3.67. The second-order valence-electron chi connectivity index (χ2n) is 4.33. The van der Waals surface area contributed by atoms with E-state index in [9.17, 15) is 9.18 Å². The highest BCUT2D eigenvalue weighted by molar-refractivity contribution is 7.20. The van der Waals surface area contributed by atoms with Crippen molar-refractivity contribution in [3.63, 3.8) is 0 Å². The summed E-state index contributed by atoms with van der Waals surface area (Å²) >= 11 is 13.3. The van der Waals surface area contributed by atoms with Crippen molar-refractivity contribution in [3.05, 3.63) is 49.9 Å². The van der Waals surface area contributed by atoms with Gasteiger partial charge in [-0.2, -0.15) is 0 Å². The first-order valence-electron chi connectivity index (χ1n) is 6.01. The molecule has 0 spiro atoms. The number of anilines is 1. The van der Waals surface area contributed by atoms with Crippen molar-refractivity contribution in [3.8, 4) is 0 Å². The Bertz CT molecular complexity index is 675. The molecule has 1 aromatic carbocycles. The second-order valence-corrected chi connectivity index (χ2v) is 6.61. The monoisotopic (exact) mass is 347 g/mol. The van der Waals surface area contributed by atoms with E-state index in [1.165, 1.54) is 30.6 Å². The molecule has 2 rings (SSSR count). The number of benzene rings is 1. The molecule has 3 nitrogen and oxygen atoms in total. The summed E-state index contributed by atoms with van der Waals surface area (Å²) in [6, 6.07) is 5.44. The van der Waals surface area contributed by atoms with E-state index in [2.05, 4.69) is 10.1 Å². The number of methoxy groups -OCH3 is 1. The van der Waals surface area contributed by atoms with Crippen LogP contribution in [0.4, 0.5) is 10.1 Å². The lowest BCUT2D eigenvalue weighted by Gasteiger charge is -2.17. The Morgan fingerprint density at radius 1 is 1.38 bits per heavy atom. The number of esters is 1. The Labute approximate surface area is 135 Å². The van der Waals surface area contributed by atoms with Gasteiger partial charge in [-0.1, -0.05) is 23.2 Å². The number of hydrogen-bond acceptors (Lipinski definition) is 4. The standard InChI is InChI=1S/C14H12Cl2FNO2S/c1-7(9-6-12(15)21-13(9)16)18-11-4-3-8(17)5-10(11)14(19)20-2/h3-7,18H,1-2H3. The van der Waals surface area contributed by atoms with Gasteiger partial charge in [0.15, 0.2) is 0 Å². The minimum absolute atomic E-state index is 0.127. The van der Waals surface area contributed by atoms with Crippen molar-refractivity contribution in [2.24, 2.45) is 0 Å². The maximum atomic E-state index is 13.3. The summed E-state index contributed by atoms with van der Waals surface area (Å²) in [5.74, 6) is -1.12. The van der Waals surface area contributed by atoms with Crippen LogP contribution in [0.2, 0.25) is 8.67 Å². The number of hydrogen-bond donors (Lipinski definition) is 1. The van der Waals surface area contributed by atoms with Gasteiger partial charge in [-0.25, -0.2) is 9.18 Å². The smallest absolute Gasteiger partial charge is 0.340 e. The number of carbonyl (C=O) groups is 1. The van der Waals surface area contributed by atoms with Crippen LogP contribution >= 0.6 is 34.5 Å². The van der Waals surface area contributed by atoms with E-state index in [1.807, 2.05) is 6.92 Å². The van der Waals surface area contributed by atoms with Crippen LogP contribution in [0.25, 0.3) is 0 Å². The summed E-state index contributed by atoms with van der Waals surface area (Å²) in [6.07, 6.45) is 0. The first-order chi connectivity index (χ1) is 9.92. The Morgan fingerprint density at radius 2 is 2.10 bits per heavy atom. The molecule has 2 aromatic rings. The molecule has 1 N–H and O–H groups in total. The Balaban J connectivity index is 2.31. The normalized spacial score (nSPS) is 12.0. The predicted octanol–water partition coefficient (Wildman–Crippen LogP) is 5.15. The molecule has 1 heterocycles. The lowest BCUT2D eigenvalue weighted by Crippen LogP contribution is -2.12. The summed E-state index contributed by atoms with van der Waals surface area (Å²) < 4.78 is 19.1. The van der Waals surface area contributed by atoms with E-state index in [0.717, 1.165) is 11.6 Å². The number of halogens is 3. The van der Waals surface area contributed by atoms with Gasteiger partial charge < -0.3 is 10.1 Å². The van der Waals surface area contributed by atoms with Gasteiger partial charge in [-0.05, 0) is 31.2 Å². The van der Waals surface area contributed by atoms with Crippen molar-refractivity contribution in [1.29, 1.82) is 0 Å². The molecule has 0 bridgehead atoms. The summed E-state index contributed by atoms with van der Waals surface area (Å²) in [6.45, 7) is 1.87. The van der Waals surface area contributed by atoms with Gasteiger partial charge in [0.05, 0.1) is 27.4 Å². The van der Waals surface area contributed by atoms with E-state index in [4.69, 9.17) is 23.2 Å². The minimum atomic E-state index is -0.612. The highest BCUT2D eigenvalue weighted by atomic mass is 35.5. The van der Waals surface area contributed by atoms with Gasteiger partial charge in [0.25, 0.3) is 0 Å².